The highest BCUT2D eigenvalue weighted by atomic mass is 35.5. The van der Waals surface area contributed by atoms with E-state index in [1.165, 1.54) is 16.7 Å². The molecule has 0 saturated carbocycles. The molecule has 0 heterocycles. The molecule has 156 valence electrons. The molecule has 0 aliphatic heterocycles. The van der Waals surface area contributed by atoms with E-state index in [4.69, 9.17) is 0 Å². The first kappa shape index (κ1) is 23.4. The van der Waals surface area contributed by atoms with E-state index in [1.807, 2.05) is 18.2 Å². The summed E-state index contributed by atoms with van der Waals surface area (Å²) < 4.78 is 0. The Labute approximate surface area is 185 Å². The number of nitrogens with two attached hydrogens (primary N) is 1. The highest BCUT2D eigenvalue weighted by molar-refractivity contribution is 5.92. The number of halogens is 1. The normalized spacial score (nSPS) is 11.8. The van der Waals surface area contributed by atoms with Crippen LogP contribution in [0.3, 0.4) is 0 Å². The van der Waals surface area contributed by atoms with E-state index >= 15 is 0 Å². The topological polar surface area (TPSA) is 45.7 Å². The molecule has 3 rings (SSSR count). The van der Waals surface area contributed by atoms with Crippen LogP contribution in [0.15, 0.2) is 103 Å². The standard InChI is InChI=1S/C26H28N2O.ClH/c1-4-24(27-25(29)20(2)3)28-26(21-14-8-5-9-15-21,22-16-10-6-11-17-22)23-18-12-7-13-19-23;/h5-19,24,28H,2,4H2,1,3H3,(H,27,29);1H. The Morgan fingerprint density at radius 2 is 1.23 bits per heavy atom. The van der Waals surface area contributed by atoms with Crippen molar-refractivity contribution in [2.75, 3.05) is 0 Å². The fourth-order valence-electron chi connectivity index (χ4n) is 3.75. The van der Waals surface area contributed by atoms with Gasteiger partial charge in [-0.1, -0.05) is 104 Å². The van der Waals surface area contributed by atoms with Gasteiger partial charge in [-0.25, -0.2) is 0 Å². The Morgan fingerprint density at radius 1 is 0.867 bits per heavy atom. The summed E-state index contributed by atoms with van der Waals surface area (Å²) in [5.41, 5.74) is 3.52. The Hall–Kier alpha value is -2.88. The van der Waals surface area contributed by atoms with Gasteiger partial charge in [0.2, 0.25) is 0 Å². The predicted molar refractivity (Wildman–Crippen MR) is 118 cm³/mol. The van der Waals surface area contributed by atoms with Gasteiger partial charge in [0.15, 0.2) is 11.7 Å². The minimum absolute atomic E-state index is 0. The lowest BCUT2D eigenvalue weighted by Gasteiger charge is -2.36. The Kier molecular flexibility index (Phi) is 8.40. The third-order valence-corrected chi connectivity index (χ3v) is 5.28. The van der Waals surface area contributed by atoms with Gasteiger partial charge in [0, 0.05) is 28.7 Å². The van der Waals surface area contributed by atoms with E-state index in [0.717, 1.165) is 6.42 Å². The second-order valence-electron chi connectivity index (χ2n) is 7.34. The molecule has 4 heteroatoms. The van der Waals surface area contributed by atoms with Gasteiger partial charge >= 0.3 is 0 Å². The van der Waals surface area contributed by atoms with Crippen molar-refractivity contribution < 1.29 is 22.5 Å². The number of amides is 1. The first-order valence-electron chi connectivity index (χ1n) is 10.1. The van der Waals surface area contributed by atoms with Crippen LogP contribution in [0.2, 0.25) is 0 Å². The smallest absolute Gasteiger partial charge is 0.250 e. The molecule has 3 nitrogen and oxygen atoms in total. The molecule has 3 N–H and O–H groups in total. The van der Waals surface area contributed by atoms with Crippen molar-refractivity contribution in [1.82, 2.24) is 5.32 Å². The minimum atomic E-state index is -0.493. The van der Waals surface area contributed by atoms with Crippen LogP contribution in [-0.4, -0.2) is 12.1 Å². The summed E-state index contributed by atoms with van der Waals surface area (Å²) in [6, 6.07) is 31.4. The molecule has 1 amide bonds. The SMILES string of the molecule is C=C(C)C(=O)NC(CC)[NH2+]C(c1ccccc1)(c1ccccc1)c1ccccc1.[Cl-]. The van der Waals surface area contributed by atoms with E-state index < -0.39 is 5.54 Å². The number of rotatable bonds is 8. The fourth-order valence-corrected chi connectivity index (χ4v) is 3.75. The average Bonchev–Trinajstić information content (AvgIpc) is 2.78. The van der Waals surface area contributed by atoms with E-state index in [-0.39, 0.29) is 24.5 Å². The lowest BCUT2D eigenvalue weighted by atomic mass is 9.76. The van der Waals surface area contributed by atoms with Crippen molar-refractivity contribution in [2.45, 2.75) is 32.0 Å². The molecule has 0 fully saturated rings. The van der Waals surface area contributed by atoms with Crippen molar-refractivity contribution in [3.05, 3.63) is 120 Å². The van der Waals surface area contributed by atoms with E-state index in [2.05, 4.69) is 96.9 Å². The summed E-state index contributed by atoms with van der Waals surface area (Å²) in [5.74, 6) is -0.115. The molecule has 3 aromatic carbocycles. The maximum atomic E-state index is 12.4. The van der Waals surface area contributed by atoms with Gasteiger partial charge in [0.05, 0.1) is 0 Å². The van der Waals surface area contributed by atoms with Crippen LogP contribution in [0.1, 0.15) is 37.0 Å². The van der Waals surface area contributed by atoms with Crippen molar-refractivity contribution in [3.63, 3.8) is 0 Å². The van der Waals surface area contributed by atoms with E-state index in [0.29, 0.717) is 5.57 Å². The van der Waals surface area contributed by atoms with Crippen molar-refractivity contribution >= 4 is 5.91 Å². The summed E-state index contributed by atoms with van der Waals surface area (Å²) in [5, 5.41) is 5.41. The van der Waals surface area contributed by atoms with Gasteiger partial charge in [-0.05, 0) is 6.92 Å². The molecule has 3 aromatic rings. The number of quaternary nitrogens is 1. The Bertz CT molecular complexity index is 846. The van der Waals surface area contributed by atoms with Gasteiger partial charge in [0.25, 0.3) is 5.91 Å². The minimum Gasteiger partial charge on any atom is -1.00 e. The highest BCUT2D eigenvalue weighted by Crippen LogP contribution is 2.33. The molecule has 0 aliphatic rings. The summed E-state index contributed by atoms with van der Waals surface area (Å²) in [6.07, 6.45) is 0.674. The van der Waals surface area contributed by atoms with Crippen LogP contribution in [0, 0.1) is 0 Å². The molecular weight excluding hydrogens is 392 g/mol. The number of hydrogen-bond acceptors (Lipinski definition) is 1. The lowest BCUT2D eigenvalue weighted by molar-refractivity contribution is -0.750. The maximum absolute atomic E-state index is 12.4. The predicted octanol–water partition coefficient (Wildman–Crippen LogP) is 0.974. The zero-order chi connectivity index (χ0) is 20.7. The quantitative estimate of drug-likeness (QED) is 0.318. The van der Waals surface area contributed by atoms with Gasteiger partial charge < -0.3 is 23.0 Å². The molecule has 0 aromatic heterocycles. The first-order valence-corrected chi connectivity index (χ1v) is 10.1. The average molecular weight is 421 g/mol. The largest absolute Gasteiger partial charge is 1.00 e. The van der Waals surface area contributed by atoms with Crippen LogP contribution in [-0.2, 0) is 10.3 Å². The van der Waals surface area contributed by atoms with Crippen LogP contribution >= 0.6 is 0 Å². The summed E-state index contributed by atoms with van der Waals surface area (Å²) in [7, 11) is 0. The van der Waals surface area contributed by atoms with Crippen LogP contribution < -0.4 is 23.0 Å². The maximum Gasteiger partial charge on any atom is 0.250 e. The third kappa shape index (κ3) is 4.99. The molecule has 0 spiro atoms. The zero-order valence-electron chi connectivity index (χ0n) is 17.5. The Morgan fingerprint density at radius 3 is 1.53 bits per heavy atom. The zero-order valence-corrected chi connectivity index (χ0v) is 18.3. The lowest BCUT2D eigenvalue weighted by Crippen LogP contribution is -3.02. The Balaban J connectivity index is 0.00000320. The molecule has 30 heavy (non-hydrogen) atoms. The van der Waals surface area contributed by atoms with E-state index in [1.54, 1.807) is 6.92 Å². The number of benzene rings is 3. The summed E-state index contributed by atoms with van der Waals surface area (Å²) >= 11 is 0. The van der Waals surface area contributed by atoms with Gasteiger partial charge in [0.1, 0.15) is 0 Å². The van der Waals surface area contributed by atoms with Crippen molar-refractivity contribution in [3.8, 4) is 0 Å². The second kappa shape index (κ2) is 10.8. The summed E-state index contributed by atoms with van der Waals surface area (Å²) in [4.78, 5) is 12.4. The first-order chi connectivity index (χ1) is 14.1. The summed E-state index contributed by atoms with van der Waals surface area (Å²) in [6.45, 7) is 7.61. The van der Waals surface area contributed by atoms with Crippen LogP contribution in [0.5, 0.6) is 0 Å². The number of carbonyl (C=O) groups excluding carboxylic acids is 1. The molecular formula is C26H29ClN2O. The van der Waals surface area contributed by atoms with Crippen molar-refractivity contribution in [1.29, 1.82) is 0 Å². The molecule has 0 aliphatic carbocycles. The molecule has 0 bridgehead atoms. The number of hydrogen-bond donors (Lipinski definition) is 2. The van der Waals surface area contributed by atoms with Gasteiger partial charge in [-0.15, -0.1) is 0 Å². The second-order valence-corrected chi connectivity index (χ2v) is 7.34. The highest BCUT2D eigenvalue weighted by Gasteiger charge is 2.42. The molecule has 0 saturated heterocycles. The number of carbonyl (C=O) groups is 1. The fraction of sp³-hybridized carbons (Fsp3) is 0.192. The van der Waals surface area contributed by atoms with Crippen molar-refractivity contribution in [2.24, 2.45) is 0 Å². The monoisotopic (exact) mass is 420 g/mol. The van der Waals surface area contributed by atoms with Crippen LogP contribution in [0.4, 0.5) is 0 Å². The molecule has 1 unspecified atom stereocenters. The molecule has 1 atom stereocenters. The van der Waals surface area contributed by atoms with E-state index in [9.17, 15) is 4.79 Å². The third-order valence-electron chi connectivity index (χ3n) is 5.28. The van der Waals surface area contributed by atoms with Gasteiger partial charge in [-0.3, -0.25) is 4.79 Å². The van der Waals surface area contributed by atoms with Gasteiger partial charge in [-0.2, -0.15) is 0 Å². The van der Waals surface area contributed by atoms with Crippen LogP contribution in [0.25, 0.3) is 0 Å². The molecule has 0 radical (unpaired) electrons. The number of nitrogens with one attached hydrogen (secondary N) is 1.